The molecule has 2 aromatic heterocycles. The van der Waals surface area contributed by atoms with Crippen LogP contribution in [0, 0.1) is 19.8 Å². The number of hydrogen-bond donors (Lipinski definition) is 1. The number of nitrogens with one attached hydrogen (secondary N) is 1. The third-order valence-corrected chi connectivity index (χ3v) is 8.22. The van der Waals surface area contributed by atoms with Crippen LogP contribution in [0.3, 0.4) is 0 Å². The lowest BCUT2D eigenvalue weighted by atomic mass is 10.0. The topological polar surface area (TPSA) is 63.1 Å². The monoisotopic (exact) mass is 451 g/mol. The first kappa shape index (κ1) is 21.4. The molecule has 1 N–H and O–H groups in total. The molecule has 5 rings (SSSR count). The van der Waals surface area contributed by atoms with Crippen molar-refractivity contribution in [1.29, 1.82) is 0 Å². The van der Waals surface area contributed by atoms with Gasteiger partial charge in [-0.2, -0.15) is 10.1 Å². The second kappa shape index (κ2) is 9.22. The normalized spacial score (nSPS) is 18.0. The number of thiazole rings is 1. The van der Waals surface area contributed by atoms with Crippen LogP contribution in [0.4, 0.5) is 5.13 Å². The Labute approximate surface area is 194 Å². The third-order valence-electron chi connectivity index (χ3n) is 7.01. The molecule has 0 spiro atoms. The highest BCUT2D eigenvalue weighted by atomic mass is 32.1. The Kier molecular flexibility index (Phi) is 6.17. The van der Waals surface area contributed by atoms with Crippen molar-refractivity contribution in [2.45, 2.75) is 71.3 Å². The minimum absolute atomic E-state index is 0.240. The molecule has 170 valence electrons. The summed E-state index contributed by atoms with van der Waals surface area (Å²) in [6.07, 6.45) is 9.04. The minimum Gasteiger partial charge on any atom is -0.353 e. The highest BCUT2D eigenvalue weighted by Crippen LogP contribution is 2.34. The van der Waals surface area contributed by atoms with Crippen LogP contribution in [0.5, 0.6) is 0 Å². The summed E-state index contributed by atoms with van der Waals surface area (Å²) in [4.78, 5) is 19.7. The molecule has 3 heterocycles. The zero-order valence-electron chi connectivity index (χ0n) is 19.1. The predicted octanol–water partition coefficient (Wildman–Crippen LogP) is 5.15. The molecular formula is C25H33N5OS. The average Bonchev–Trinajstić information content (AvgIpc) is 3.52. The number of nitrogens with zero attached hydrogens (tertiary/aromatic N) is 4. The molecule has 7 heteroatoms. The fourth-order valence-electron chi connectivity index (χ4n) is 5.15. The van der Waals surface area contributed by atoms with E-state index in [1.165, 1.54) is 31.2 Å². The van der Waals surface area contributed by atoms with Crippen LogP contribution in [0.2, 0.25) is 0 Å². The predicted molar refractivity (Wildman–Crippen MR) is 131 cm³/mol. The van der Waals surface area contributed by atoms with E-state index in [9.17, 15) is 4.79 Å². The van der Waals surface area contributed by atoms with Crippen molar-refractivity contribution >= 4 is 32.7 Å². The van der Waals surface area contributed by atoms with Crippen molar-refractivity contribution in [2.24, 2.45) is 5.92 Å². The first-order chi connectivity index (χ1) is 15.6. The number of piperidine rings is 1. The molecule has 3 aromatic rings. The fourth-order valence-corrected chi connectivity index (χ4v) is 6.19. The number of fused-ring (bicyclic) bond motifs is 1. The minimum atomic E-state index is 0.240. The van der Waals surface area contributed by atoms with E-state index in [-0.39, 0.29) is 5.91 Å². The molecule has 1 aliphatic carbocycles. The van der Waals surface area contributed by atoms with Crippen LogP contribution in [-0.4, -0.2) is 39.8 Å². The van der Waals surface area contributed by atoms with Gasteiger partial charge in [0.15, 0.2) is 10.8 Å². The Hall–Kier alpha value is -2.41. The quantitative estimate of drug-likeness (QED) is 0.563. The van der Waals surface area contributed by atoms with E-state index in [1.54, 1.807) is 11.3 Å². The van der Waals surface area contributed by atoms with Crippen LogP contribution < -0.4 is 10.2 Å². The first-order valence-electron chi connectivity index (χ1n) is 12.0. The number of aromatic nitrogens is 3. The van der Waals surface area contributed by atoms with Gasteiger partial charge in [0, 0.05) is 25.6 Å². The van der Waals surface area contributed by atoms with Gasteiger partial charge in [0.05, 0.1) is 16.1 Å². The maximum atomic E-state index is 12.4. The van der Waals surface area contributed by atoms with Crippen molar-refractivity contribution in [3.63, 3.8) is 0 Å². The maximum absolute atomic E-state index is 12.4. The van der Waals surface area contributed by atoms with E-state index in [4.69, 9.17) is 10.1 Å². The van der Waals surface area contributed by atoms with Gasteiger partial charge in [-0.05, 0) is 56.7 Å². The number of carbonyl (C=O) groups is 1. The summed E-state index contributed by atoms with van der Waals surface area (Å²) in [7, 11) is 0. The van der Waals surface area contributed by atoms with Crippen LogP contribution in [0.1, 0.15) is 62.6 Å². The molecule has 1 saturated carbocycles. The highest BCUT2D eigenvalue weighted by Gasteiger charge is 2.25. The van der Waals surface area contributed by atoms with Crippen molar-refractivity contribution < 1.29 is 4.79 Å². The standard InChI is InChI=1S/C25H33N5OS/c1-17-6-5-9-21(16-17)30-24-23(18(2)28-30)32-25(27-24)29-14-12-20(13-15-29)26-22(31)11-10-19-7-3-4-8-19/h5-6,9,16,19-20H,3-4,7-8,10-15H2,1-2H3,(H,26,31). The van der Waals surface area contributed by atoms with Gasteiger partial charge in [-0.1, -0.05) is 49.2 Å². The number of hydrogen-bond acceptors (Lipinski definition) is 5. The van der Waals surface area contributed by atoms with Crippen LogP contribution in [0.15, 0.2) is 24.3 Å². The lowest BCUT2D eigenvalue weighted by molar-refractivity contribution is -0.122. The molecule has 1 saturated heterocycles. The van der Waals surface area contributed by atoms with E-state index >= 15 is 0 Å². The molecule has 0 atom stereocenters. The molecule has 0 unspecified atom stereocenters. The van der Waals surface area contributed by atoms with Crippen LogP contribution >= 0.6 is 11.3 Å². The fraction of sp³-hybridized carbons (Fsp3) is 0.560. The lowest BCUT2D eigenvalue weighted by Gasteiger charge is -2.32. The van der Waals surface area contributed by atoms with Gasteiger partial charge in [-0.15, -0.1) is 0 Å². The van der Waals surface area contributed by atoms with Crippen molar-refractivity contribution in [2.75, 3.05) is 18.0 Å². The summed E-state index contributed by atoms with van der Waals surface area (Å²) in [6.45, 7) is 6.02. The van der Waals surface area contributed by atoms with Gasteiger partial charge in [0.2, 0.25) is 5.91 Å². The average molecular weight is 452 g/mol. The third kappa shape index (κ3) is 4.53. The van der Waals surface area contributed by atoms with Gasteiger partial charge in [0.1, 0.15) is 0 Å². The number of carbonyl (C=O) groups excluding carboxylic acids is 1. The highest BCUT2D eigenvalue weighted by molar-refractivity contribution is 7.22. The molecule has 1 aromatic carbocycles. The molecule has 0 radical (unpaired) electrons. The van der Waals surface area contributed by atoms with Crippen molar-refractivity contribution in [3.8, 4) is 5.69 Å². The molecule has 1 amide bonds. The molecule has 32 heavy (non-hydrogen) atoms. The Morgan fingerprint density at radius 3 is 2.69 bits per heavy atom. The summed E-state index contributed by atoms with van der Waals surface area (Å²) >= 11 is 1.73. The number of anilines is 1. The van der Waals surface area contributed by atoms with E-state index in [1.807, 2.05) is 4.68 Å². The Balaban J connectivity index is 1.20. The number of rotatable bonds is 6. The van der Waals surface area contributed by atoms with E-state index < -0.39 is 0 Å². The Morgan fingerprint density at radius 2 is 1.94 bits per heavy atom. The Morgan fingerprint density at radius 1 is 1.16 bits per heavy atom. The zero-order valence-corrected chi connectivity index (χ0v) is 20.0. The molecule has 1 aliphatic heterocycles. The molecule has 2 fully saturated rings. The summed E-state index contributed by atoms with van der Waals surface area (Å²) < 4.78 is 3.12. The van der Waals surface area contributed by atoms with Gasteiger partial charge in [-0.3, -0.25) is 4.79 Å². The van der Waals surface area contributed by atoms with E-state index in [0.717, 1.165) is 65.1 Å². The first-order valence-corrected chi connectivity index (χ1v) is 12.9. The molecular weight excluding hydrogens is 418 g/mol. The molecule has 2 aliphatic rings. The smallest absolute Gasteiger partial charge is 0.220 e. The van der Waals surface area contributed by atoms with Crippen molar-refractivity contribution in [3.05, 3.63) is 35.5 Å². The zero-order chi connectivity index (χ0) is 22.1. The van der Waals surface area contributed by atoms with Gasteiger partial charge >= 0.3 is 0 Å². The largest absolute Gasteiger partial charge is 0.353 e. The number of aryl methyl sites for hydroxylation is 2. The number of benzene rings is 1. The summed E-state index contributed by atoms with van der Waals surface area (Å²) in [5.41, 5.74) is 4.23. The lowest BCUT2D eigenvalue weighted by Crippen LogP contribution is -2.44. The molecule has 0 bridgehead atoms. The summed E-state index contributed by atoms with van der Waals surface area (Å²) in [5, 5.41) is 9.08. The van der Waals surface area contributed by atoms with E-state index in [0.29, 0.717) is 12.5 Å². The second-order valence-corrected chi connectivity index (χ2v) is 10.5. The van der Waals surface area contributed by atoms with Crippen LogP contribution in [0.25, 0.3) is 16.0 Å². The molecule has 6 nitrogen and oxygen atoms in total. The van der Waals surface area contributed by atoms with Gasteiger partial charge < -0.3 is 10.2 Å². The second-order valence-electron chi connectivity index (χ2n) is 9.50. The van der Waals surface area contributed by atoms with E-state index in [2.05, 4.69) is 48.3 Å². The maximum Gasteiger partial charge on any atom is 0.220 e. The summed E-state index contributed by atoms with van der Waals surface area (Å²) in [6, 6.07) is 8.68. The number of amides is 1. The van der Waals surface area contributed by atoms with Crippen LogP contribution in [-0.2, 0) is 4.79 Å². The SMILES string of the molecule is Cc1cccc(-n2nc(C)c3sc(N4CCC(NC(=O)CCC5CCCC5)CC4)nc32)c1. The Bertz CT molecular complexity index is 1090. The van der Waals surface area contributed by atoms with Gasteiger partial charge in [0.25, 0.3) is 0 Å². The van der Waals surface area contributed by atoms with Crippen molar-refractivity contribution in [1.82, 2.24) is 20.1 Å². The van der Waals surface area contributed by atoms with Gasteiger partial charge in [-0.25, -0.2) is 4.68 Å². The summed E-state index contributed by atoms with van der Waals surface area (Å²) in [5.74, 6) is 1.02.